The Balaban J connectivity index is 1.51. The molecule has 0 atom stereocenters. The van der Waals surface area contributed by atoms with Crippen LogP contribution in [0.4, 0.5) is 15.0 Å². The van der Waals surface area contributed by atoms with Gasteiger partial charge in [0.2, 0.25) is 5.75 Å². The summed E-state index contributed by atoms with van der Waals surface area (Å²) in [6.07, 6.45) is 2.52. The topological polar surface area (TPSA) is 132 Å². The van der Waals surface area contributed by atoms with Gasteiger partial charge in [-0.3, -0.25) is 19.3 Å². The summed E-state index contributed by atoms with van der Waals surface area (Å²) >= 11 is 0.680. The zero-order valence-electron chi connectivity index (χ0n) is 15.8. The summed E-state index contributed by atoms with van der Waals surface area (Å²) in [5, 5.41) is 12.8. The van der Waals surface area contributed by atoms with Gasteiger partial charge in [0.15, 0.2) is 6.61 Å². The van der Waals surface area contributed by atoms with Crippen molar-refractivity contribution in [1.29, 1.82) is 0 Å². The third-order valence-corrected chi connectivity index (χ3v) is 4.91. The summed E-state index contributed by atoms with van der Waals surface area (Å²) in [4.78, 5) is 51.1. The first-order valence-corrected chi connectivity index (χ1v) is 9.67. The predicted molar refractivity (Wildman–Crippen MR) is 108 cm³/mol. The highest BCUT2D eigenvalue weighted by molar-refractivity contribution is 8.18. The fraction of sp³-hybridized carbons (Fsp3) is 0.158. The maximum atomic E-state index is 13.8. The Kier molecular flexibility index (Phi) is 6.92. The van der Waals surface area contributed by atoms with Crippen molar-refractivity contribution in [3.63, 3.8) is 0 Å². The third kappa shape index (κ3) is 5.42. The van der Waals surface area contributed by atoms with Crippen LogP contribution >= 0.6 is 11.8 Å². The Morgan fingerprint density at radius 1 is 1.29 bits per heavy atom. The SMILES string of the molecule is O=C(COc1cccnc1[N+](=O)[O-])NCCN1C(=O)S/C(=C\c2ccccc2F)C1=O. The second kappa shape index (κ2) is 9.80. The molecule has 0 spiro atoms. The minimum absolute atomic E-state index is 0.0532. The lowest BCUT2D eigenvalue weighted by atomic mass is 10.2. The predicted octanol–water partition coefficient (Wildman–Crippen LogP) is 2.36. The molecule has 2 aromatic rings. The lowest BCUT2D eigenvalue weighted by Gasteiger charge is -2.13. The molecule has 1 fully saturated rings. The first-order chi connectivity index (χ1) is 14.9. The molecule has 0 aliphatic carbocycles. The van der Waals surface area contributed by atoms with Gasteiger partial charge in [0.1, 0.15) is 12.0 Å². The Bertz CT molecular complexity index is 1080. The van der Waals surface area contributed by atoms with Gasteiger partial charge in [-0.05, 0) is 45.9 Å². The van der Waals surface area contributed by atoms with Crippen molar-refractivity contribution in [2.24, 2.45) is 0 Å². The normalized spacial score (nSPS) is 14.7. The van der Waals surface area contributed by atoms with Crippen molar-refractivity contribution >= 4 is 40.7 Å². The van der Waals surface area contributed by atoms with Crippen molar-refractivity contribution in [3.05, 3.63) is 69.0 Å². The van der Waals surface area contributed by atoms with Gasteiger partial charge >= 0.3 is 5.82 Å². The molecule has 1 aliphatic rings. The van der Waals surface area contributed by atoms with Crippen LogP contribution < -0.4 is 10.1 Å². The smallest absolute Gasteiger partial charge is 0.406 e. The van der Waals surface area contributed by atoms with Crippen LogP contribution in [0.3, 0.4) is 0 Å². The molecule has 0 radical (unpaired) electrons. The Morgan fingerprint density at radius 2 is 2.06 bits per heavy atom. The van der Waals surface area contributed by atoms with Gasteiger partial charge in [0.05, 0.1) is 4.91 Å². The number of carbonyl (C=O) groups excluding carboxylic acids is 3. The largest absolute Gasteiger partial charge is 0.476 e. The third-order valence-electron chi connectivity index (χ3n) is 4.01. The van der Waals surface area contributed by atoms with Gasteiger partial charge in [0, 0.05) is 18.7 Å². The van der Waals surface area contributed by atoms with Crippen molar-refractivity contribution < 1.29 is 28.4 Å². The number of nitro groups is 1. The lowest BCUT2D eigenvalue weighted by Crippen LogP contribution is -2.38. The minimum atomic E-state index is -0.734. The number of nitrogens with one attached hydrogen (secondary N) is 1. The minimum Gasteiger partial charge on any atom is -0.476 e. The van der Waals surface area contributed by atoms with E-state index < -0.39 is 40.2 Å². The second-order valence-corrected chi connectivity index (χ2v) is 7.07. The first kappa shape index (κ1) is 21.9. The number of carbonyl (C=O) groups is 3. The fourth-order valence-electron chi connectivity index (χ4n) is 2.56. The molecule has 31 heavy (non-hydrogen) atoms. The molecule has 1 aromatic heterocycles. The number of thioether (sulfide) groups is 1. The number of hydrogen-bond donors (Lipinski definition) is 1. The molecule has 0 bridgehead atoms. The number of benzene rings is 1. The summed E-state index contributed by atoms with van der Waals surface area (Å²) in [5.74, 6) is -2.39. The van der Waals surface area contributed by atoms with Crippen molar-refractivity contribution in [2.45, 2.75) is 0 Å². The number of hydrogen-bond acceptors (Lipinski definition) is 8. The number of rotatable bonds is 8. The molecule has 0 saturated carbocycles. The average molecular weight is 446 g/mol. The zero-order valence-corrected chi connectivity index (χ0v) is 16.6. The molecule has 0 unspecified atom stereocenters. The Labute approximate surface area is 179 Å². The number of ether oxygens (including phenoxy) is 1. The van der Waals surface area contributed by atoms with Crippen LogP contribution in [0.5, 0.6) is 5.75 Å². The summed E-state index contributed by atoms with van der Waals surface area (Å²) < 4.78 is 18.9. The molecule has 160 valence electrons. The van der Waals surface area contributed by atoms with E-state index in [1.807, 2.05) is 0 Å². The van der Waals surface area contributed by atoms with E-state index >= 15 is 0 Å². The van der Waals surface area contributed by atoms with Gasteiger partial charge in [-0.15, -0.1) is 0 Å². The molecule has 1 saturated heterocycles. The van der Waals surface area contributed by atoms with Crippen molar-refractivity contribution in [3.8, 4) is 5.75 Å². The first-order valence-electron chi connectivity index (χ1n) is 8.85. The number of nitrogens with zero attached hydrogens (tertiary/aromatic N) is 3. The van der Waals surface area contributed by atoms with Gasteiger partial charge in [-0.25, -0.2) is 4.39 Å². The van der Waals surface area contributed by atoms with Gasteiger partial charge in [-0.2, -0.15) is 0 Å². The maximum absolute atomic E-state index is 13.8. The Hall–Kier alpha value is -3.80. The van der Waals surface area contributed by atoms with E-state index in [-0.39, 0.29) is 29.3 Å². The molecule has 3 rings (SSSR count). The molecule has 12 heteroatoms. The van der Waals surface area contributed by atoms with E-state index in [0.717, 1.165) is 4.90 Å². The van der Waals surface area contributed by atoms with E-state index in [0.29, 0.717) is 11.8 Å². The van der Waals surface area contributed by atoms with E-state index in [4.69, 9.17) is 4.74 Å². The summed E-state index contributed by atoms with van der Waals surface area (Å²) in [7, 11) is 0. The molecule has 10 nitrogen and oxygen atoms in total. The van der Waals surface area contributed by atoms with E-state index in [9.17, 15) is 28.9 Å². The van der Waals surface area contributed by atoms with E-state index in [2.05, 4.69) is 10.3 Å². The lowest BCUT2D eigenvalue weighted by molar-refractivity contribution is -0.390. The number of imide groups is 1. The molecule has 1 aromatic carbocycles. The van der Waals surface area contributed by atoms with Crippen LogP contribution in [0, 0.1) is 15.9 Å². The number of aromatic nitrogens is 1. The average Bonchev–Trinajstić information content (AvgIpc) is 3.01. The highest BCUT2D eigenvalue weighted by Gasteiger charge is 2.34. The quantitative estimate of drug-likeness (QED) is 0.371. The van der Waals surface area contributed by atoms with Crippen LogP contribution in [0.2, 0.25) is 0 Å². The molecule has 3 amide bonds. The second-order valence-electron chi connectivity index (χ2n) is 6.08. The van der Waals surface area contributed by atoms with Gasteiger partial charge < -0.3 is 20.2 Å². The zero-order chi connectivity index (χ0) is 22.4. The van der Waals surface area contributed by atoms with Crippen molar-refractivity contribution in [2.75, 3.05) is 19.7 Å². The van der Waals surface area contributed by atoms with Crippen LogP contribution in [0.25, 0.3) is 6.08 Å². The van der Waals surface area contributed by atoms with Crippen LogP contribution in [0.1, 0.15) is 5.56 Å². The van der Waals surface area contributed by atoms with Crippen molar-refractivity contribution in [1.82, 2.24) is 15.2 Å². The van der Waals surface area contributed by atoms with Crippen LogP contribution in [-0.4, -0.2) is 51.6 Å². The molecular weight excluding hydrogens is 431 g/mol. The standard InChI is InChI=1S/C19H15FN4O6S/c20-13-5-2-1-4-12(13)10-15-18(26)23(19(27)31-15)9-8-21-16(25)11-30-14-6-3-7-22-17(14)24(28)29/h1-7,10H,8-9,11H2,(H,21,25)/b15-10-. The fourth-order valence-corrected chi connectivity index (χ4v) is 3.42. The number of halogens is 1. The summed E-state index contributed by atoms with van der Waals surface area (Å²) in [6, 6.07) is 8.58. The monoisotopic (exact) mass is 446 g/mol. The van der Waals surface area contributed by atoms with Gasteiger partial charge in [-0.1, -0.05) is 18.2 Å². The summed E-state index contributed by atoms with van der Waals surface area (Å²) in [6.45, 7) is -0.665. The van der Waals surface area contributed by atoms with E-state index in [1.54, 1.807) is 6.07 Å². The Morgan fingerprint density at radius 3 is 2.81 bits per heavy atom. The van der Waals surface area contributed by atoms with Crippen LogP contribution in [0.15, 0.2) is 47.5 Å². The molecule has 1 aliphatic heterocycles. The summed E-state index contributed by atoms with van der Waals surface area (Å²) in [5.41, 5.74) is 0.183. The highest BCUT2D eigenvalue weighted by atomic mass is 32.2. The van der Waals surface area contributed by atoms with Gasteiger partial charge in [0.25, 0.3) is 17.1 Å². The number of pyridine rings is 1. The molecular formula is C19H15FN4O6S. The molecule has 2 heterocycles. The van der Waals surface area contributed by atoms with E-state index in [1.165, 1.54) is 42.6 Å². The molecule has 1 N–H and O–H groups in total. The highest BCUT2D eigenvalue weighted by Crippen LogP contribution is 2.32. The number of amides is 3. The van der Waals surface area contributed by atoms with Crippen LogP contribution in [-0.2, 0) is 9.59 Å². The maximum Gasteiger partial charge on any atom is 0.406 e.